The van der Waals surface area contributed by atoms with Crippen LogP contribution in [0, 0.1) is 12.7 Å². The van der Waals surface area contributed by atoms with Gasteiger partial charge in [0.2, 0.25) is 0 Å². The molecular formula is C16H16FNO2S. The highest BCUT2D eigenvalue weighted by atomic mass is 32.2. The van der Waals surface area contributed by atoms with Crippen molar-refractivity contribution in [3.05, 3.63) is 47.3 Å². The Labute approximate surface area is 127 Å². The highest BCUT2D eigenvalue weighted by Gasteiger charge is 2.19. The predicted molar refractivity (Wildman–Crippen MR) is 83.2 cm³/mol. The van der Waals surface area contributed by atoms with Gasteiger partial charge in [0.25, 0.3) is 5.91 Å². The number of rotatable bonds is 4. The third kappa shape index (κ3) is 3.03. The number of hydrogen-bond donors (Lipinski definition) is 2. The van der Waals surface area contributed by atoms with Gasteiger partial charge in [-0.1, -0.05) is 19.1 Å². The molecule has 0 aliphatic rings. The van der Waals surface area contributed by atoms with Gasteiger partial charge >= 0.3 is 0 Å². The molecule has 1 amide bonds. The fourth-order valence-corrected chi connectivity index (χ4v) is 3.20. The maximum atomic E-state index is 13.0. The average Bonchev–Trinajstić information content (AvgIpc) is 2.43. The summed E-state index contributed by atoms with van der Waals surface area (Å²) >= 11 is 1.45. The van der Waals surface area contributed by atoms with Crippen molar-refractivity contribution in [2.75, 3.05) is 5.75 Å². The zero-order valence-electron chi connectivity index (χ0n) is 11.8. The average molecular weight is 305 g/mol. The molecule has 0 spiro atoms. The molecule has 3 N–H and O–H groups in total. The van der Waals surface area contributed by atoms with Crippen LogP contribution in [0.3, 0.4) is 0 Å². The van der Waals surface area contributed by atoms with Crippen LogP contribution in [0.25, 0.3) is 11.1 Å². The molecule has 0 bridgehead atoms. The molecule has 0 aliphatic heterocycles. The lowest BCUT2D eigenvalue weighted by Gasteiger charge is -2.16. The van der Waals surface area contributed by atoms with Gasteiger partial charge in [-0.15, -0.1) is 11.8 Å². The molecule has 2 aromatic rings. The number of benzene rings is 2. The van der Waals surface area contributed by atoms with Crippen molar-refractivity contribution in [2.24, 2.45) is 5.73 Å². The van der Waals surface area contributed by atoms with Crippen LogP contribution in [0.5, 0.6) is 5.75 Å². The topological polar surface area (TPSA) is 63.3 Å². The summed E-state index contributed by atoms with van der Waals surface area (Å²) in [6, 6.07) is 7.51. The molecule has 0 aromatic heterocycles. The minimum Gasteiger partial charge on any atom is -0.507 e. The number of phenols is 1. The monoisotopic (exact) mass is 305 g/mol. The van der Waals surface area contributed by atoms with Crippen molar-refractivity contribution < 1.29 is 14.3 Å². The molecule has 110 valence electrons. The summed E-state index contributed by atoms with van der Waals surface area (Å²) in [5.41, 5.74) is 7.89. The fourth-order valence-electron chi connectivity index (χ4n) is 2.24. The van der Waals surface area contributed by atoms with E-state index in [9.17, 15) is 14.3 Å². The number of carbonyl (C=O) groups excluding carboxylic acids is 1. The van der Waals surface area contributed by atoms with Gasteiger partial charge in [0, 0.05) is 4.90 Å². The van der Waals surface area contributed by atoms with E-state index < -0.39 is 5.91 Å². The largest absolute Gasteiger partial charge is 0.507 e. The van der Waals surface area contributed by atoms with Gasteiger partial charge in [-0.3, -0.25) is 4.79 Å². The van der Waals surface area contributed by atoms with Crippen LogP contribution < -0.4 is 5.73 Å². The number of amides is 1. The second-order valence-corrected chi connectivity index (χ2v) is 5.85. The Morgan fingerprint density at radius 3 is 2.48 bits per heavy atom. The summed E-state index contributed by atoms with van der Waals surface area (Å²) in [7, 11) is 0. The van der Waals surface area contributed by atoms with Crippen LogP contribution in [0.2, 0.25) is 0 Å². The van der Waals surface area contributed by atoms with Gasteiger partial charge in [0.1, 0.15) is 11.6 Å². The zero-order chi connectivity index (χ0) is 15.6. The van der Waals surface area contributed by atoms with E-state index in [0.717, 1.165) is 22.4 Å². The third-order valence-electron chi connectivity index (χ3n) is 3.20. The van der Waals surface area contributed by atoms with E-state index in [4.69, 9.17) is 5.73 Å². The van der Waals surface area contributed by atoms with E-state index in [0.29, 0.717) is 4.90 Å². The molecular weight excluding hydrogens is 289 g/mol. The number of thioether (sulfide) groups is 1. The Morgan fingerprint density at radius 2 is 1.95 bits per heavy atom. The quantitative estimate of drug-likeness (QED) is 0.846. The van der Waals surface area contributed by atoms with Gasteiger partial charge in [-0.2, -0.15) is 0 Å². The molecule has 0 heterocycles. The lowest BCUT2D eigenvalue weighted by Crippen LogP contribution is -2.13. The van der Waals surface area contributed by atoms with E-state index in [1.54, 1.807) is 12.1 Å². The summed E-state index contributed by atoms with van der Waals surface area (Å²) in [6.45, 7) is 3.82. The maximum Gasteiger partial charge on any atom is 0.253 e. The predicted octanol–water partition coefficient (Wildman–Crippen LogP) is 3.72. The summed E-state index contributed by atoms with van der Waals surface area (Å²) in [5.74, 6) is -0.383. The number of carbonyl (C=O) groups is 1. The van der Waals surface area contributed by atoms with E-state index in [1.165, 1.54) is 30.0 Å². The molecule has 0 radical (unpaired) electrons. The van der Waals surface area contributed by atoms with Gasteiger partial charge in [0.15, 0.2) is 0 Å². The number of aromatic hydroxyl groups is 1. The number of primary amides is 1. The van der Waals surface area contributed by atoms with Crippen LogP contribution in [0.1, 0.15) is 22.8 Å². The highest BCUT2D eigenvalue weighted by Crippen LogP contribution is 2.39. The minimum absolute atomic E-state index is 0.144. The lowest BCUT2D eigenvalue weighted by atomic mass is 9.97. The standard InChI is InChI=1S/C16H16FNO2S/c1-3-21-15-9(2)12(8-13(19)14(15)16(18)20)10-4-6-11(17)7-5-10/h4-8,19H,3H2,1-2H3,(H2,18,20). The van der Waals surface area contributed by atoms with Crippen LogP contribution in [-0.4, -0.2) is 16.8 Å². The highest BCUT2D eigenvalue weighted by molar-refractivity contribution is 7.99. The van der Waals surface area contributed by atoms with Gasteiger partial charge < -0.3 is 10.8 Å². The molecule has 0 aliphatic carbocycles. The van der Waals surface area contributed by atoms with Crippen LogP contribution in [0.15, 0.2) is 35.2 Å². The third-order valence-corrected chi connectivity index (χ3v) is 4.29. The second kappa shape index (κ2) is 6.18. The van der Waals surface area contributed by atoms with Crippen molar-refractivity contribution >= 4 is 17.7 Å². The Bertz CT molecular complexity index is 684. The number of halogens is 1. The van der Waals surface area contributed by atoms with Crippen LogP contribution >= 0.6 is 11.8 Å². The molecule has 21 heavy (non-hydrogen) atoms. The Hall–Kier alpha value is -2.01. The van der Waals surface area contributed by atoms with E-state index >= 15 is 0 Å². The number of nitrogens with two attached hydrogens (primary N) is 1. The Balaban J connectivity index is 2.68. The smallest absolute Gasteiger partial charge is 0.253 e. The molecule has 2 aromatic carbocycles. The van der Waals surface area contributed by atoms with Crippen molar-refractivity contribution in [1.29, 1.82) is 0 Å². The van der Waals surface area contributed by atoms with Gasteiger partial charge in [-0.05, 0) is 47.6 Å². The first-order chi connectivity index (χ1) is 9.95. The molecule has 0 saturated heterocycles. The van der Waals surface area contributed by atoms with Crippen molar-refractivity contribution in [3.63, 3.8) is 0 Å². The van der Waals surface area contributed by atoms with Gasteiger partial charge in [0.05, 0.1) is 5.56 Å². The van der Waals surface area contributed by atoms with E-state index in [1.807, 2.05) is 13.8 Å². The van der Waals surface area contributed by atoms with Crippen molar-refractivity contribution in [2.45, 2.75) is 18.7 Å². The molecule has 0 saturated carbocycles. The molecule has 3 nitrogen and oxygen atoms in total. The van der Waals surface area contributed by atoms with Crippen molar-refractivity contribution in [3.8, 4) is 16.9 Å². The first-order valence-corrected chi connectivity index (χ1v) is 7.49. The molecule has 5 heteroatoms. The SMILES string of the molecule is CCSc1c(C)c(-c2ccc(F)cc2)cc(O)c1C(N)=O. The summed E-state index contributed by atoms with van der Waals surface area (Å²) < 4.78 is 13.0. The summed E-state index contributed by atoms with van der Waals surface area (Å²) in [4.78, 5) is 12.2. The van der Waals surface area contributed by atoms with Gasteiger partial charge in [-0.25, -0.2) is 4.39 Å². The summed E-state index contributed by atoms with van der Waals surface area (Å²) in [5, 5.41) is 10.1. The molecule has 0 unspecified atom stereocenters. The molecule has 2 rings (SSSR count). The van der Waals surface area contributed by atoms with Crippen molar-refractivity contribution in [1.82, 2.24) is 0 Å². The fraction of sp³-hybridized carbons (Fsp3) is 0.188. The molecule has 0 atom stereocenters. The Kier molecular flexibility index (Phi) is 4.53. The lowest BCUT2D eigenvalue weighted by molar-refractivity contribution is 0.0994. The van der Waals surface area contributed by atoms with Crippen LogP contribution in [0.4, 0.5) is 4.39 Å². The van der Waals surface area contributed by atoms with Crippen LogP contribution in [-0.2, 0) is 0 Å². The second-order valence-electron chi connectivity index (χ2n) is 4.58. The van der Waals surface area contributed by atoms with E-state index in [2.05, 4.69) is 0 Å². The minimum atomic E-state index is -0.655. The normalized spacial score (nSPS) is 10.6. The van der Waals surface area contributed by atoms with E-state index in [-0.39, 0.29) is 17.1 Å². The first kappa shape index (κ1) is 15.4. The zero-order valence-corrected chi connectivity index (χ0v) is 12.6. The Morgan fingerprint density at radius 1 is 1.33 bits per heavy atom. The first-order valence-electron chi connectivity index (χ1n) is 6.50. The molecule has 0 fully saturated rings. The maximum absolute atomic E-state index is 13.0. The summed E-state index contributed by atoms with van der Waals surface area (Å²) in [6.07, 6.45) is 0. The number of hydrogen-bond acceptors (Lipinski definition) is 3.